The van der Waals surface area contributed by atoms with Crippen LogP contribution in [0.15, 0.2) is 23.9 Å². The normalized spacial score (nSPS) is 17.2. The van der Waals surface area contributed by atoms with Gasteiger partial charge in [-0.3, -0.25) is 4.90 Å². The van der Waals surface area contributed by atoms with Crippen LogP contribution in [-0.2, 0) is 0 Å². The fraction of sp³-hybridized carbons (Fsp3) is 0.500. The van der Waals surface area contributed by atoms with Gasteiger partial charge in [0.1, 0.15) is 0 Å². The van der Waals surface area contributed by atoms with E-state index in [2.05, 4.69) is 0 Å². The molecule has 0 saturated heterocycles. The van der Waals surface area contributed by atoms with Gasteiger partial charge in [-0.2, -0.15) is 0 Å². The summed E-state index contributed by atoms with van der Waals surface area (Å²) >= 11 is 0. The summed E-state index contributed by atoms with van der Waals surface area (Å²) in [6.45, 7) is 6.48. The van der Waals surface area contributed by atoms with Crippen molar-refractivity contribution in [2.45, 2.75) is 20.8 Å². The first kappa shape index (κ1) is 9.84. The van der Waals surface area contributed by atoms with E-state index in [0.717, 1.165) is 5.70 Å². The third-order valence-corrected chi connectivity index (χ3v) is 1.97. The monoisotopic (exact) mass is 181 g/mol. The Morgan fingerprint density at radius 1 is 1.54 bits per heavy atom. The van der Waals surface area contributed by atoms with Crippen LogP contribution in [0.1, 0.15) is 20.8 Å². The Morgan fingerprint density at radius 2 is 2.15 bits per heavy atom. The van der Waals surface area contributed by atoms with E-state index in [1.54, 1.807) is 0 Å². The summed E-state index contributed by atoms with van der Waals surface area (Å²) in [4.78, 5) is 12.2. The predicted molar refractivity (Wildman–Crippen MR) is 51.4 cm³/mol. The van der Waals surface area contributed by atoms with Crippen molar-refractivity contribution in [3.63, 3.8) is 0 Å². The van der Waals surface area contributed by atoms with Gasteiger partial charge in [0.25, 0.3) is 0 Å². The molecule has 1 amide bonds. The van der Waals surface area contributed by atoms with Crippen LogP contribution in [0.25, 0.3) is 0 Å². The third kappa shape index (κ3) is 2.11. The molecule has 0 aromatic carbocycles. The van der Waals surface area contributed by atoms with Gasteiger partial charge in [0.15, 0.2) is 0 Å². The van der Waals surface area contributed by atoms with Crippen LogP contribution in [0.4, 0.5) is 4.79 Å². The smallest absolute Gasteiger partial charge is 0.411 e. The highest BCUT2D eigenvalue weighted by Crippen LogP contribution is 2.29. The van der Waals surface area contributed by atoms with Crippen molar-refractivity contribution in [1.82, 2.24) is 4.90 Å². The van der Waals surface area contributed by atoms with Gasteiger partial charge in [-0.15, -0.1) is 0 Å². The standard InChI is InChI=1S/C10H15NO2/c1-10(2,3)8-6-4-5-7-11(8)9(12)13/h4-6H,7H2,1-3H3,(H,12,13). The molecular formula is C10H15NO2. The number of nitrogens with zero attached hydrogens (tertiary/aromatic N) is 1. The SMILES string of the molecule is CC(C)(C)C1=CC=CCN1C(=O)O. The van der Waals surface area contributed by atoms with Gasteiger partial charge in [-0.25, -0.2) is 4.79 Å². The lowest BCUT2D eigenvalue weighted by molar-refractivity contribution is 0.152. The molecule has 3 heteroatoms. The Bertz CT molecular complexity index is 271. The number of rotatable bonds is 0. The summed E-state index contributed by atoms with van der Waals surface area (Å²) in [7, 11) is 0. The molecule has 1 N–H and O–H groups in total. The van der Waals surface area contributed by atoms with Gasteiger partial charge >= 0.3 is 6.09 Å². The van der Waals surface area contributed by atoms with Crippen LogP contribution in [-0.4, -0.2) is 22.6 Å². The molecule has 1 rings (SSSR count). The molecule has 0 fully saturated rings. The van der Waals surface area contributed by atoms with Crippen molar-refractivity contribution >= 4 is 6.09 Å². The number of amides is 1. The zero-order chi connectivity index (χ0) is 10.1. The number of carboxylic acid groups (broad SMARTS) is 1. The van der Waals surface area contributed by atoms with E-state index in [1.807, 2.05) is 39.0 Å². The first-order valence-electron chi connectivity index (χ1n) is 4.30. The van der Waals surface area contributed by atoms with Gasteiger partial charge < -0.3 is 5.11 Å². The van der Waals surface area contributed by atoms with Gasteiger partial charge in [0.2, 0.25) is 0 Å². The third-order valence-electron chi connectivity index (χ3n) is 1.97. The highest BCUT2D eigenvalue weighted by atomic mass is 16.4. The van der Waals surface area contributed by atoms with Crippen molar-refractivity contribution in [1.29, 1.82) is 0 Å². The van der Waals surface area contributed by atoms with E-state index < -0.39 is 6.09 Å². The maximum atomic E-state index is 10.9. The molecule has 0 aromatic heterocycles. The summed E-state index contributed by atoms with van der Waals surface area (Å²) in [6, 6.07) is 0. The lowest BCUT2D eigenvalue weighted by Gasteiger charge is -2.32. The average molecular weight is 181 g/mol. The Balaban J connectivity index is 2.96. The van der Waals surface area contributed by atoms with Crippen molar-refractivity contribution in [3.05, 3.63) is 23.9 Å². The average Bonchev–Trinajstić information content (AvgIpc) is 2.03. The molecule has 0 aromatic rings. The van der Waals surface area contributed by atoms with Crippen LogP contribution in [0, 0.1) is 5.41 Å². The first-order chi connectivity index (χ1) is 5.93. The zero-order valence-corrected chi connectivity index (χ0v) is 8.24. The molecule has 0 bridgehead atoms. The van der Waals surface area contributed by atoms with Crippen LogP contribution < -0.4 is 0 Å². The minimum atomic E-state index is -0.884. The van der Waals surface area contributed by atoms with E-state index >= 15 is 0 Å². The molecule has 72 valence electrons. The molecule has 0 radical (unpaired) electrons. The first-order valence-corrected chi connectivity index (χ1v) is 4.30. The summed E-state index contributed by atoms with van der Waals surface area (Å²) in [5.41, 5.74) is 0.728. The lowest BCUT2D eigenvalue weighted by atomic mass is 9.89. The van der Waals surface area contributed by atoms with E-state index in [9.17, 15) is 4.79 Å². The highest BCUT2D eigenvalue weighted by Gasteiger charge is 2.26. The van der Waals surface area contributed by atoms with E-state index in [0.29, 0.717) is 6.54 Å². The molecule has 0 atom stereocenters. The summed E-state index contributed by atoms with van der Waals surface area (Å²) in [6.07, 6.45) is 4.71. The lowest BCUT2D eigenvalue weighted by Crippen LogP contribution is -2.35. The van der Waals surface area contributed by atoms with Crippen molar-refractivity contribution in [2.24, 2.45) is 5.41 Å². The molecule has 1 heterocycles. The largest absolute Gasteiger partial charge is 0.465 e. The van der Waals surface area contributed by atoms with E-state index in [-0.39, 0.29) is 5.41 Å². The maximum Gasteiger partial charge on any atom is 0.411 e. The van der Waals surface area contributed by atoms with Gasteiger partial charge in [-0.1, -0.05) is 32.9 Å². The van der Waals surface area contributed by atoms with E-state index in [1.165, 1.54) is 4.90 Å². The van der Waals surface area contributed by atoms with E-state index in [4.69, 9.17) is 5.11 Å². The van der Waals surface area contributed by atoms with Crippen LogP contribution in [0.3, 0.4) is 0 Å². The Hall–Kier alpha value is -1.25. The van der Waals surface area contributed by atoms with Crippen LogP contribution in [0.2, 0.25) is 0 Å². The van der Waals surface area contributed by atoms with Crippen LogP contribution >= 0.6 is 0 Å². The second-order valence-corrected chi connectivity index (χ2v) is 4.12. The fourth-order valence-corrected chi connectivity index (χ4v) is 1.35. The summed E-state index contributed by atoms with van der Waals surface area (Å²) < 4.78 is 0. The zero-order valence-electron chi connectivity index (χ0n) is 8.24. The molecule has 1 aliphatic rings. The second kappa shape index (κ2) is 3.24. The minimum absolute atomic E-state index is 0.122. The topological polar surface area (TPSA) is 40.5 Å². The predicted octanol–water partition coefficient (Wildman–Crippen LogP) is 2.47. The highest BCUT2D eigenvalue weighted by molar-refractivity contribution is 5.68. The van der Waals surface area contributed by atoms with Gasteiger partial charge in [0, 0.05) is 17.7 Å². The summed E-state index contributed by atoms with van der Waals surface area (Å²) in [5.74, 6) is 0. The van der Waals surface area contributed by atoms with Crippen LogP contribution in [0.5, 0.6) is 0 Å². The number of carbonyl (C=O) groups is 1. The quantitative estimate of drug-likeness (QED) is 0.623. The molecule has 0 unspecified atom stereocenters. The molecule has 13 heavy (non-hydrogen) atoms. The Kier molecular flexibility index (Phi) is 2.45. The Labute approximate surface area is 78.4 Å². The molecule has 3 nitrogen and oxygen atoms in total. The van der Waals surface area contributed by atoms with Crippen molar-refractivity contribution in [3.8, 4) is 0 Å². The second-order valence-electron chi connectivity index (χ2n) is 4.12. The Morgan fingerprint density at radius 3 is 2.54 bits per heavy atom. The van der Waals surface area contributed by atoms with Crippen molar-refractivity contribution < 1.29 is 9.90 Å². The number of hydrogen-bond donors (Lipinski definition) is 1. The molecular weight excluding hydrogens is 166 g/mol. The fourth-order valence-electron chi connectivity index (χ4n) is 1.35. The maximum absolute atomic E-state index is 10.9. The van der Waals surface area contributed by atoms with Gasteiger partial charge in [-0.05, 0) is 6.08 Å². The minimum Gasteiger partial charge on any atom is -0.465 e. The molecule has 0 aliphatic carbocycles. The molecule has 1 aliphatic heterocycles. The van der Waals surface area contributed by atoms with Gasteiger partial charge in [0.05, 0.1) is 0 Å². The number of allylic oxidation sites excluding steroid dienone is 3. The molecule has 0 saturated carbocycles. The van der Waals surface area contributed by atoms with Crippen molar-refractivity contribution in [2.75, 3.05) is 6.54 Å². The molecule has 0 spiro atoms. The number of hydrogen-bond acceptors (Lipinski definition) is 1. The summed E-state index contributed by atoms with van der Waals surface area (Å²) in [5, 5.41) is 8.92.